The summed E-state index contributed by atoms with van der Waals surface area (Å²) in [6.07, 6.45) is 5.59. The van der Waals surface area contributed by atoms with Crippen LogP contribution in [-0.4, -0.2) is 11.8 Å². The molecule has 1 heterocycles. The van der Waals surface area contributed by atoms with Crippen molar-refractivity contribution in [2.75, 3.05) is 0 Å². The van der Waals surface area contributed by atoms with Gasteiger partial charge in [0.15, 0.2) is 0 Å². The van der Waals surface area contributed by atoms with Gasteiger partial charge in [-0.05, 0) is 30.1 Å². The van der Waals surface area contributed by atoms with Gasteiger partial charge in [-0.15, -0.1) is 0 Å². The molecule has 1 aliphatic heterocycles. The highest BCUT2D eigenvalue weighted by molar-refractivity contribution is 6.06. The second-order valence-electron chi connectivity index (χ2n) is 5.01. The Bertz CT molecular complexity index is 353. The summed E-state index contributed by atoms with van der Waals surface area (Å²) >= 11 is 0. The van der Waals surface area contributed by atoms with E-state index in [9.17, 15) is 9.59 Å². The largest absolute Gasteiger partial charge is 0.296 e. The molecule has 2 amide bonds. The number of imide groups is 1. The summed E-state index contributed by atoms with van der Waals surface area (Å²) in [6, 6.07) is 0. The molecule has 4 aliphatic carbocycles. The molecule has 0 aromatic heterocycles. The lowest BCUT2D eigenvalue weighted by molar-refractivity contribution is -0.126. The van der Waals surface area contributed by atoms with E-state index >= 15 is 0 Å². The lowest BCUT2D eigenvalue weighted by atomic mass is 9.63. The van der Waals surface area contributed by atoms with E-state index in [1.54, 1.807) is 0 Å². The summed E-state index contributed by atoms with van der Waals surface area (Å²) < 4.78 is 0. The minimum absolute atomic E-state index is 0.0234. The lowest BCUT2D eigenvalue weighted by Gasteiger charge is -2.37. The van der Waals surface area contributed by atoms with Gasteiger partial charge in [-0.1, -0.05) is 12.2 Å². The van der Waals surface area contributed by atoms with E-state index < -0.39 is 0 Å². The van der Waals surface area contributed by atoms with Crippen LogP contribution in [0.3, 0.4) is 0 Å². The first kappa shape index (κ1) is 7.21. The maximum atomic E-state index is 11.6. The fraction of sp³-hybridized carbons (Fsp3) is 0.636. The first-order valence-electron chi connectivity index (χ1n) is 5.30. The summed E-state index contributed by atoms with van der Waals surface area (Å²) in [4.78, 5) is 23.2. The molecule has 0 aromatic carbocycles. The van der Waals surface area contributed by atoms with Crippen LogP contribution in [0.25, 0.3) is 0 Å². The summed E-state index contributed by atoms with van der Waals surface area (Å²) in [7, 11) is 0. The van der Waals surface area contributed by atoms with Crippen molar-refractivity contribution < 1.29 is 9.59 Å². The molecule has 3 fully saturated rings. The maximum absolute atomic E-state index is 11.6. The zero-order chi connectivity index (χ0) is 9.45. The van der Waals surface area contributed by atoms with E-state index in [0.717, 1.165) is 0 Å². The van der Waals surface area contributed by atoms with Crippen LogP contribution in [0.5, 0.6) is 0 Å². The summed E-state index contributed by atoms with van der Waals surface area (Å²) in [6.45, 7) is 0. The average molecular weight is 189 g/mol. The van der Waals surface area contributed by atoms with Crippen LogP contribution in [0.1, 0.15) is 6.42 Å². The number of nitrogens with one attached hydrogen (secondary N) is 1. The molecule has 14 heavy (non-hydrogen) atoms. The van der Waals surface area contributed by atoms with Gasteiger partial charge in [0.25, 0.3) is 0 Å². The number of allylic oxidation sites excluding steroid dienone is 2. The fourth-order valence-corrected chi connectivity index (χ4v) is 3.88. The molecular formula is C11H11NO2. The van der Waals surface area contributed by atoms with E-state index in [1.165, 1.54) is 6.42 Å². The van der Waals surface area contributed by atoms with Crippen molar-refractivity contribution >= 4 is 11.8 Å². The Morgan fingerprint density at radius 2 is 1.50 bits per heavy atom. The van der Waals surface area contributed by atoms with Gasteiger partial charge in [0.2, 0.25) is 11.8 Å². The normalized spacial score (nSPS) is 56.9. The van der Waals surface area contributed by atoms with Crippen LogP contribution in [-0.2, 0) is 9.59 Å². The van der Waals surface area contributed by atoms with Gasteiger partial charge in [0.05, 0.1) is 11.8 Å². The van der Waals surface area contributed by atoms with Crippen LogP contribution in [0.15, 0.2) is 12.2 Å². The minimum Gasteiger partial charge on any atom is -0.296 e. The van der Waals surface area contributed by atoms with Crippen LogP contribution in [0.2, 0.25) is 0 Å². The molecule has 72 valence electrons. The topological polar surface area (TPSA) is 46.2 Å². The standard InChI is InChI=1S/C11H11NO2/c13-10-8-4-1-2-5(7-3-6(4)7)9(8)11(14)12-10/h1-2,4-9H,3H2,(H,12,13,14)/t4-,5-,6-,7+,8-,9-/m1/s1. The second-order valence-corrected chi connectivity index (χ2v) is 5.01. The van der Waals surface area contributed by atoms with Crippen molar-refractivity contribution in [2.24, 2.45) is 35.5 Å². The SMILES string of the molecule is O=C1NC(=O)[C@@H]2[C@@H]3C=C[C@H]([C@H]4C[C@@H]34)[C@@H]12. The van der Waals surface area contributed by atoms with E-state index in [2.05, 4.69) is 17.5 Å². The van der Waals surface area contributed by atoms with E-state index in [1.807, 2.05) is 0 Å². The quantitative estimate of drug-likeness (QED) is 0.441. The fourth-order valence-electron chi connectivity index (χ4n) is 3.88. The van der Waals surface area contributed by atoms with E-state index in [4.69, 9.17) is 0 Å². The Morgan fingerprint density at radius 3 is 2.00 bits per heavy atom. The molecule has 1 N–H and O–H groups in total. The van der Waals surface area contributed by atoms with Crippen molar-refractivity contribution in [1.29, 1.82) is 0 Å². The van der Waals surface area contributed by atoms with Gasteiger partial charge in [-0.25, -0.2) is 0 Å². The molecular weight excluding hydrogens is 178 g/mol. The van der Waals surface area contributed by atoms with Gasteiger partial charge in [-0.3, -0.25) is 14.9 Å². The predicted octanol–water partition coefficient (Wildman–Crippen LogP) is 0.327. The van der Waals surface area contributed by atoms with Crippen LogP contribution in [0.4, 0.5) is 0 Å². The molecule has 0 radical (unpaired) electrons. The smallest absolute Gasteiger partial charge is 0.231 e. The molecule has 0 unspecified atom stereocenters. The monoisotopic (exact) mass is 189 g/mol. The third-order valence-corrected chi connectivity index (χ3v) is 4.50. The molecule has 0 spiro atoms. The Kier molecular flexibility index (Phi) is 1.00. The van der Waals surface area contributed by atoms with Gasteiger partial charge in [0.1, 0.15) is 0 Å². The Morgan fingerprint density at radius 1 is 1.00 bits per heavy atom. The summed E-state index contributed by atoms with van der Waals surface area (Å²) in [5.74, 6) is 2.05. The molecule has 3 nitrogen and oxygen atoms in total. The van der Waals surface area contributed by atoms with Crippen LogP contribution in [0, 0.1) is 35.5 Å². The number of hydrogen-bond donors (Lipinski definition) is 1. The molecule has 2 saturated carbocycles. The lowest BCUT2D eigenvalue weighted by Crippen LogP contribution is -2.40. The zero-order valence-corrected chi connectivity index (χ0v) is 7.64. The molecule has 3 heteroatoms. The summed E-state index contributed by atoms with van der Waals surface area (Å²) in [5, 5.41) is 2.48. The van der Waals surface area contributed by atoms with Crippen molar-refractivity contribution in [2.45, 2.75) is 6.42 Å². The Hall–Kier alpha value is -1.12. The molecule has 5 rings (SSSR count). The average Bonchev–Trinajstić information content (AvgIpc) is 2.92. The van der Waals surface area contributed by atoms with Gasteiger partial charge in [-0.2, -0.15) is 0 Å². The highest BCUT2D eigenvalue weighted by atomic mass is 16.2. The van der Waals surface area contributed by atoms with Crippen molar-refractivity contribution in [1.82, 2.24) is 5.32 Å². The highest BCUT2D eigenvalue weighted by Gasteiger charge is 2.65. The van der Waals surface area contributed by atoms with E-state index in [-0.39, 0.29) is 23.7 Å². The van der Waals surface area contributed by atoms with Crippen molar-refractivity contribution in [3.63, 3.8) is 0 Å². The van der Waals surface area contributed by atoms with Gasteiger partial charge < -0.3 is 0 Å². The number of rotatable bonds is 0. The molecule has 2 bridgehead atoms. The number of hydrogen-bond acceptors (Lipinski definition) is 2. The van der Waals surface area contributed by atoms with Crippen molar-refractivity contribution in [3.8, 4) is 0 Å². The van der Waals surface area contributed by atoms with E-state index in [0.29, 0.717) is 23.7 Å². The van der Waals surface area contributed by atoms with Crippen LogP contribution >= 0.6 is 0 Å². The van der Waals surface area contributed by atoms with Crippen molar-refractivity contribution in [3.05, 3.63) is 12.2 Å². The minimum atomic E-state index is -0.0266. The first-order valence-corrected chi connectivity index (χ1v) is 5.30. The Balaban J connectivity index is 1.88. The maximum Gasteiger partial charge on any atom is 0.231 e. The highest BCUT2D eigenvalue weighted by Crippen LogP contribution is 2.64. The number of amides is 2. The summed E-state index contributed by atoms with van der Waals surface area (Å²) in [5.41, 5.74) is 0. The zero-order valence-electron chi connectivity index (χ0n) is 7.64. The third-order valence-electron chi connectivity index (χ3n) is 4.50. The number of carbonyl (C=O) groups is 2. The second kappa shape index (κ2) is 1.95. The first-order chi connectivity index (χ1) is 6.77. The Labute approximate surface area is 81.5 Å². The molecule has 0 aromatic rings. The van der Waals surface area contributed by atoms with Crippen LogP contribution < -0.4 is 5.32 Å². The van der Waals surface area contributed by atoms with Gasteiger partial charge >= 0.3 is 0 Å². The molecule has 1 saturated heterocycles. The number of carbonyl (C=O) groups excluding carboxylic acids is 2. The molecule has 5 aliphatic rings. The third kappa shape index (κ3) is 0.606. The van der Waals surface area contributed by atoms with Gasteiger partial charge in [0, 0.05) is 0 Å². The predicted molar refractivity (Wildman–Crippen MR) is 47.8 cm³/mol. The molecule has 6 atom stereocenters.